The molecule has 0 amide bonds. The minimum atomic E-state index is -0.718. The quantitative estimate of drug-likeness (QED) is 0.851. The molecule has 0 spiro atoms. The first-order valence-corrected chi connectivity index (χ1v) is 6.68. The van der Waals surface area contributed by atoms with Crippen LogP contribution in [0.2, 0.25) is 0 Å². The molecule has 1 aromatic rings. The summed E-state index contributed by atoms with van der Waals surface area (Å²) >= 11 is 0. The summed E-state index contributed by atoms with van der Waals surface area (Å²) < 4.78 is 1.71. The van der Waals surface area contributed by atoms with Crippen LogP contribution in [0, 0.1) is 11.3 Å². The molecule has 0 aromatic carbocycles. The second-order valence-electron chi connectivity index (χ2n) is 5.69. The number of aromatic nitrogens is 4. The molecule has 0 aliphatic heterocycles. The molecule has 0 atom stereocenters. The third-order valence-electron chi connectivity index (χ3n) is 4.31. The summed E-state index contributed by atoms with van der Waals surface area (Å²) in [6.45, 7) is 0.428. The van der Waals surface area contributed by atoms with Crippen molar-refractivity contribution in [1.82, 2.24) is 20.2 Å². The molecule has 2 aliphatic carbocycles. The monoisotopic (exact) mass is 250 g/mol. The van der Waals surface area contributed by atoms with Crippen LogP contribution in [0.15, 0.2) is 0 Å². The Morgan fingerprint density at radius 2 is 2.11 bits per heavy atom. The number of aliphatic carboxylic acids is 1. The summed E-state index contributed by atoms with van der Waals surface area (Å²) in [5.74, 6) is 0.814. The van der Waals surface area contributed by atoms with Gasteiger partial charge in [-0.25, -0.2) is 4.68 Å². The number of tetrazole rings is 1. The first kappa shape index (κ1) is 11.6. The smallest absolute Gasteiger partial charge is 0.311 e. The summed E-state index contributed by atoms with van der Waals surface area (Å²) in [4.78, 5) is 11.2. The predicted octanol–water partition coefficient (Wildman–Crippen LogP) is 1.27. The van der Waals surface area contributed by atoms with Crippen LogP contribution >= 0.6 is 0 Å². The SMILES string of the molecule is O=C(O)C1(Cn2nnnc2CC2CCCC2)CC1. The number of carboxylic acid groups (broad SMARTS) is 1. The predicted molar refractivity (Wildman–Crippen MR) is 62.8 cm³/mol. The van der Waals surface area contributed by atoms with Crippen LogP contribution in [-0.2, 0) is 17.8 Å². The van der Waals surface area contributed by atoms with E-state index in [2.05, 4.69) is 15.5 Å². The molecule has 6 heteroatoms. The minimum absolute atomic E-state index is 0.428. The van der Waals surface area contributed by atoms with E-state index in [0.717, 1.165) is 25.1 Å². The van der Waals surface area contributed by atoms with E-state index in [1.54, 1.807) is 4.68 Å². The highest BCUT2D eigenvalue weighted by Crippen LogP contribution is 2.47. The third kappa shape index (κ3) is 2.11. The van der Waals surface area contributed by atoms with Gasteiger partial charge < -0.3 is 5.11 Å². The molecule has 18 heavy (non-hydrogen) atoms. The summed E-state index contributed by atoms with van der Waals surface area (Å²) in [6.07, 6.45) is 7.46. The van der Waals surface area contributed by atoms with E-state index >= 15 is 0 Å². The van der Waals surface area contributed by atoms with Crippen LogP contribution in [0.5, 0.6) is 0 Å². The van der Waals surface area contributed by atoms with Crippen molar-refractivity contribution in [3.8, 4) is 0 Å². The molecule has 3 rings (SSSR count). The lowest BCUT2D eigenvalue weighted by Gasteiger charge is -2.12. The van der Waals surface area contributed by atoms with Crippen molar-refractivity contribution in [2.24, 2.45) is 11.3 Å². The van der Waals surface area contributed by atoms with Crippen LogP contribution in [0.4, 0.5) is 0 Å². The third-order valence-corrected chi connectivity index (χ3v) is 4.31. The second-order valence-corrected chi connectivity index (χ2v) is 5.69. The Labute approximate surface area is 105 Å². The number of carbonyl (C=O) groups is 1. The normalized spacial score (nSPS) is 22.2. The van der Waals surface area contributed by atoms with E-state index < -0.39 is 11.4 Å². The summed E-state index contributed by atoms with van der Waals surface area (Å²) in [7, 11) is 0. The largest absolute Gasteiger partial charge is 0.481 e. The van der Waals surface area contributed by atoms with E-state index in [-0.39, 0.29) is 0 Å². The molecule has 2 fully saturated rings. The number of nitrogens with zero attached hydrogens (tertiary/aromatic N) is 4. The fraction of sp³-hybridized carbons (Fsp3) is 0.833. The van der Waals surface area contributed by atoms with Crippen LogP contribution in [-0.4, -0.2) is 31.3 Å². The lowest BCUT2D eigenvalue weighted by Crippen LogP contribution is -2.24. The van der Waals surface area contributed by atoms with Crippen molar-refractivity contribution in [3.63, 3.8) is 0 Å². The Morgan fingerprint density at radius 3 is 2.72 bits per heavy atom. The molecule has 0 unspecified atom stereocenters. The Balaban J connectivity index is 1.69. The second kappa shape index (κ2) is 4.33. The number of hydrogen-bond acceptors (Lipinski definition) is 4. The van der Waals surface area contributed by atoms with Gasteiger partial charge in [0, 0.05) is 6.42 Å². The summed E-state index contributed by atoms with van der Waals surface area (Å²) in [5.41, 5.74) is -0.597. The van der Waals surface area contributed by atoms with Crippen molar-refractivity contribution in [1.29, 1.82) is 0 Å². The Morgan fingerprint density at radius 1 is 1.39 bits per heavy atom. The first-order chi connectivity index (χ1) is 8.70. The maximum Gasteiger partial charge on any atom is 0.311 e. The van der Waals surface area contributed by atoms with Crippen molar-refractivity contribution < 1.29 is 9.90 Å². The van der Waals surface area contributed by atoms with E-state index in [0.29, 0.717) is 12.5 Å². The van der Waals surface area contributed by atoms with Gasteiger partial charge in [0.25, 0.3) is 0 Å². The lowest BCUT2D eigenvalue weighted by molar-refractivity contribution is -0.144. The maximum absolute atomic E-state index is 11.2. The molecule has 1 N–H and O–H groups in total. The van der Waals surface area contributed by atoms with Crippen molar-refractivity contribution in [3.05, 3.63) is 5.82 Å². The molecular weight excluding hydrogens is 232 g/mol. The highest BCUT2D eigenvalue weighted by molar-refractivity contribution is 5.77. The van der Waals surface area contributed by atoms with E-state index in [9.17, 15) is 9.90 Å². The van der Waals surface area contributed by atoms with Gasteiger partial charge in [-0.2, -0.15) is 0 Å². The van der Waals surface area contributed by atoms with E-state index in [1.165, 1.54) is 25.7 Å². The van der Waals surface area contributed by atoms with Gasteiger partial charge in [-0.05, 0) is 29.2 Å². The van der Waals surface area contributed by atoms with Gasteiger partial charge in [-0.3, -0.25) is 4.79 Å². The fourth-order valence-electron chi connectivity index (χ4n) is 2.84. The highest BCUT2D eigenvalue weighted by Gasteiger charge is 2.51. The van der Waals surface area contributed by atoms with Gasteiger partial charge in [0.05, 0.1) is 12.0 Å². The maximum atomic E-state index is 11.2. The van der Waals surface area contributed by atoms with E-state index in [1.807, 2.05) is 0 Å². The van der Waals surface area contributed by atoms with Gasteiger partial charge in [-0.1, -0.05) is 25.7 Å². The number of hydrogen-bond donors (Lipinski definition) is 1. The molecule has 0 radical (unpaired) electrons. The van der Waals surface area contributed by atoms with E-state index in [4.69, 9.17) is 0 Å². The molecular formula is C12H18N4O2. The molecule has 2 saturated carbocycles. The molecule has 0 saturated heterocycles. The molecule has 98 valence electrons. The Kier molecular flexibility index (Phi) is 2.80. The highest BCUT2D eigenvalue weighted by atomic mass is 16.4. The van der Waals surface area contributed by atoms with Crippen molar-refractivity contribution >= 4 is 5.97 Å². The average molecular weight is 250 g/mol. The molecule has 2 aliphatic rings. The Hall–Kier alpha value is -1.46. The Bertz CT molecular complexity index is 447. The van der Waals surface area contributed by atoms with Gasteiger partial charge in [0.15, 0.2) is 5.82 Å². The van der Waals surface area contributed by atoms with Gasteiger partial charge in [0.1, 0.15) is 0 Å². The van der Waals surface area contributed by atoms with Gasteiger partial charge in [0.2, 0.25) is 0 Å². The number of carboxylic acids is 1. The zero-order chi connectivity index (χ0) is 12.6. The summed E-state index contributed by atoms with van der Waals surface area (Å²) in [5, 5.41) is 20.9. The molecule has 1 heterocycles. The molecule has 0 bridgehead atoms. The van der Waals surface area contributed by atoms with Crippen LogP contribution in [0.3, 0.4) is 0 Å². The lowest BCUT2D eigenvalue weighted by atomic mass is 10.0. The minimum Gasteiger partial charge on any atom is -0.481 e. The van der Waals surface area contributed by atoms with Crippen LogP contribution in [0.1, 0.15) is 44.3 Å². The topological polar surface area (TPSA) is 80.9 Å². The zero-order valence-electron chi connectivity index (χ0n) is 10.4. The average Bonchev–Trinajstić information content (AvgIpc) is 2.75. The summed E-state index contributed by atoms with van der Waals surface area (Å²) in [6, 6.07) is 0. The van der Waals surface area contributed by atoms with Crippen LogP contribution < -0.4 is 0 Å². The standard InChI is InChI=1S/C12H18N4O2/c17-11(18)12(5-6-12)8-16-10(13-14-15-16)7-9-3-1-2-4-9/h9H,1-8H2,(H,17,18). The van der Waals surface area contributed by atoms with Crippen molar-refractivity contribution in [2.75, 3.05) is 0 Å². The van der Waals surface area contributed by atoms with Crippen molar-refractivity contribution in [2.45, 2.75) is 51.5 Å². The van der Waals surface area contributed by atoms with Crippen LogP contribution in [0.25, 0.3) is 0 Å². The van der Waals surface area contributed by atoms with Gasteiger partial charge >= 0.3 is 5.97 Å². The van der Waals surface area contributed by atoms with Gasteiger partial charge in [-0.15, -0.1) is 5.10 Å². The first-order valence-electron chi connectivity index (χ1n) is 6.68. The zero-order valence-corrected chi connectivity index (χ0v) is 10.4. The number of rotatable bonds is 5. The fourth-order valence-corrected chi connectivity index (χ4v) is 2.84. The molecule has 1 aromatic heterocycles. The molecule has 6 nitrogen and oxygen atoms in total.